The SMILES string of the molecule is CC(C)(SCc1ccc(F)cc1Cl)[C@H](N)C(=O)O. The van der Waals surface area contributed by atoms with Crippen LogP contribution >= 0.6 is 23.4 Å². The molecule has 18 heavy (non-hydrogen) atoms. The standard InChI is InChI=1S/C12H15ClFNO2S/c1-12(2,10(15)11(16)17)18-6-7-3-4-8(14)5-9(7)13/h3-5,10H,6,15H2,1-2H3,(H,16,17)/t10-/m1/s1. The molecule has 3 nitrogen and oxygen atoms in total. The van der Waals surface area contributed by atoms with Gasteiger partial charge in [-0.1, -0.05) is 17.7 Å². The summed E-state index contributed by atoms with van der Waals surface area (Å²) in [6, 6.07) is 3.18. The summed E-state index contributed by atoms with van der Waals surface area (Å²) < 4.78 is 12.2. The Morgan fingerprint density at radius 2 is 2.22 bits per heavy atom. The lowest BCUT2D eigenvalue weighted by molar-refractivity contribution is -0.139. The monoisotopic (exact) mass is 291 g/mol. The average Bonchev–Trinajstić information content (AvgIpc) is 2.26. The highest BCUT2D eigenvalue weighted by molar-refractivity contribution is 7.99. The van der Waals surface area contributed by atoms with E-state index >= 15 is 0 Å². The fourth-order valence-electron chi connectivity index (χ4n) is 1.29. The average molecular weight is 292 g/mol. The van der Waals surface area contributed by atoms with Gasteiger partial charge in [0.05, 0.1) is 0 Å². The fraction of sp³-hybridized carbons (Fsp3) is 0.417. The third kappa shape index (κ3) is 3.86. The summed E-state index contributed by atoms with van der Waals surface area (Å²) in [6.07, 6.45) is 0. The number of benzene rings is 1. The van der Waals surface area contributed by atoms with Crippen LogP contribution in [0.15, 0.2) is 18.2 Å². The lowest BCUT2D eigenvalue weighted by Gasteiger charge is -2.28. The quantitative estimate of drug-likeness (QED) is 0.875. The van der Waals surface area contributed by atoms with Crippen molar-refractivity contribution in [3.8, 4) is 0 Å². The number of rotatable bonds is 5. The second-order valence-corrected chi connectivity index (χ2v) is 6.48. The molecule has 0 aliphatic heterocycles. The summed E-state index contributed by atoms with van der Waals surface area (Å²) in [4.78, 5) is 10.9. The fourth-order valence-corrected chi connectivity index (χ4v) is 2.66. The van der Waals surface area contributed by atoms with Gasteiger partial charge >= 0.3 is 5.97 Å². The normalized spacial score (nSPS) is 13.4. The largest absolute Gasteiger partial charge is 0.480 e. The minimum atomic E-state index is -1.04. The Hall–Kier alpha value is -0.780. The Bertz CT molecular complexity index is 454. The molecule has 3 N–H and O–H groups in total. The molecule has 0 unspecified atom stereocenters. The van der Waals surface area contributed by atoms with Crippen molar-refractivity contribution in [2.75, 3.05) is 0 Å². The molecule has 1 rings (SSSR count). The predicted octanol–water partition coefficient (Wildman–Crippen LogP) is 2.90. The van der Waals surface area contributed by atoms with E-state index in [2.05, 4.69) is 0 Å². The smallest absolute Gasteiger partial charge is 0.321 e. The summed E-state index contributed by atoms with van der Waals surface area (Å²) >= 11 is 7.28. The van der Waals surface area contributed by atoms with Crippen LogP contribution in [-0.4, -0.2) is 21.9 Å². The van der Waals surface area contributed by atoms with Gasteiger partial charge in [0.25, 0.3) is 0 Å². The second kappa shape index (κ2) is 5.91. The molecular weight excluding hydrogens is 277 g/mol. The van der Waals surface area contributed by atoms with Gasteiger partial charge in [-0.2, -0.15) is 0 Å². The highest BCUT2D eigenvalue weighted by atomic mass is 35.5. The third-order valence-corrected chi connectivity index (χ3v) is 4.43. The lowest BCUT2D eigenvalue weighted by atomic mass is 10.1. The van der Waals surface area contributed by atoms with E-state index in [0.29, 0.717) is 10.8 Å². The minimum Gasteiger partial charge on any atom is -0.480 e. The van der Waals surface area contributed by atoms with Crippen LogP contribution in [0.3, 0.4) is 0 Å². The number of hydrogen-bond acceptors (Lipinski definition) is 3. The van der Waals surface area contributed by atoms with Gasteiger partial charge in [-0.3, -0.25) is 4.79 Å². The second-order valence-electron chi connectivity index (χ2n) is 4.44. The van der Waals surface area contributed by atoms with E-state index in [4.69, 9.17) is 22.4 Å². The van der Waals surface area contributed by atoms with Crippen LogP contribution in [0, 0.1) is 5.82 Å². The van der Waals surface area contributed by atoms with E-state index in [1.54, 1.807) is 19.9 Å². The van der Waals surface area contributed by atoms with Gasteiger partial charge in [0.2, 0.25) is 0 Å². The number of nitrogens with two attached hydrogens (primary N) is 1. The van der Waals surface area contributed by atoms with Crippen LogP contribution in [0.4, 0.5) is 4.39 Å². The third-order valence-electron chi connectivity index (χ3n) is 2.63. The van der Waals surface area contributed by atoms with Gasteiger partial charge in [-0.15, -0.1) is 11.8 Å². The molecule has 0 fully saturated rings. The zero-order valence-corrected chi connectivity index (χ0v) is 11.7. The maximum Gasteiger partial charge on any atom is 0.321 e. The number of aliphatic carboxylic acids is 1. The molecule has 0 radical (unpaired) electrons. The first-order valence-electron chi connectivity index (χ1n) is 5.30. The molecule has 1 aromatic carbocycles. The van der Waals surface area contributed by atoms with E-state index in [1.165, 1.54) is 23.9 Å². The Balaban J connectivity index is 2.72. The summed E-state index contributed by atoms with van der Waals surface area (Å²) in [6.45, 7) is 3.52. The highest BCUT2D eigenvalue weighted by Crippen LogP contribution is 2.32. The molecule has 1 aromatic rings. The number of thioether (sulfide) groups is 1. The van der Waals surface area contributed by atoms with E-state index < -0.39 is 22.6 Å². The zero-order valence-electron chi connectivity index (χ0n) is 10.1. The van der Waals surface area contributed by atoms with Crippen molar-refractivity contribution in [2.45, 2.75) is 30.4 Å². The minimum absolute atomic E-state index is 0.335. The summed E-state index contributed by atoms with van der Waals surface area (Å²) in [7, 11) is 0. The molecular formula is C12H15ClFNO2S. The Morgan fingerprint density at radius 3 is 2.72 bits per heavy atom. The maximum absolute atomic E-state index is 12.9. The number of halogens is 2. The molecule has 0 bridgehead atoms. The van der Waals surface area contributed by atoms with Crippen molar-refractivity contribution < 1.29 is 14.3 Å². The van der Waals surface area contributed by atoms with Crippen molar-refractivity contribution >= 4 is 29.3 Å². The maximum atomic E-state index is 12.9. The van der Waals surface area contributed by atoms with Gasteiger partial charge in [-0.05, 0) is 31.5 Å². The van der Waals surface area contributed by atoms with Crippen LogP contribution < -0.4 is 5.73 Å². The Kier molecular flexibility index (Phi) is 5.01. The van der Waals surface area contributed by atoms with Gasteiger partial charge in [-0.25, -0.2) is 4.39 Å². The van der Waals surface area contributed by atoms with Crippen molar-refractivity contribution in [1.29, 1.82) is 0 Å². The van der Waals surface area contributed by atoms with E-state index in [9.17, 15) is 9.18 Å². The number of hydrogen-bond donors (Lipinski definition) is 2. The molecule has 0 heterocycles. The van der Waals surface area contributed by atoms with E-state index in [-0.39, 0.29) is 0 Å². The molecule has 0 spiro atoms. The van der Waals surface area contributed by atoms with Crippen molar-refractivity contribution in [3.63, 3.8) is 0 Å². The topological polar surface area (TPSA) is 63.3 Å². The number of carboxylic acid groups (broad SMARTS) is 1. The molecule has 100 valence electrons. The van der Waals surface area contributed by atoms with Crippen molar-refractivity contribution in [3.05, 3.63) is 34.6 Å². The van der Waals surface area contributed by atoms with Gasteiger partial charge in [0.1, 0.15) is 11.9 Å². The zero-order chi connectivity index (χ0) is 13.9. The molecule has 0 aromatic heterocycles. The van der Waals surface area contributed by atoms with Gasteiger partial charge in [0, 0.05) is 15.5 Å². The van der Waals surface area contributed by atoms with Gasteiger partial charge in [0.15, 0.2) is 0 Å². The summed E-state index contributed by atoms with van der Waals surface area (Å²) in [5.41, 5.74) is 6.37. The van der Waals surface area contributed by atoms with Crippen LogP contribution in [0.1, 0.15) is 19.4 Å². The first-order chi connectivity index (χ1) is 8.24. The molecule has 0 aliphatic rings. The molecule has 1 atom stereocenters. The molecule has 0 aliphatic carbocycles. The van der Waals surface area contributed by atoms with Crippen molar-refractivity contribution in [1.82, 2.24) is 0 Å². The van der Waals surface area contributed by atoms with E-state index in [0.717, 1.165) is 5.56 Å². The van der Waals surface area contributed by atoms with Crippen LogP contribution in [-0.2, 0) is 10.5 Å². The number of carboxylic acids is 1. The number of carbonyl (C=O) groups is 1. The summed E-state index contributed by atoms with van der Waals surface area (Å²) in [5, 5.41) is 9.23. The van der Waals surface area contributed by atoms with Gasteiger partial charge < -0.3 is 10.8 Å². The first-order valence-corrected chi connectivity index (χ1v) is 6.66. The van der Waals surface area contributed by atoms with Crippen LogP contribution in [0.2, 0.25) is 5.02 Å². The Labute approximate surface area is 115 Å². The first kappa shape index (κ1) is 15.3. The molecule has 6 heteroatoms. The molecule has 0 saturated heterocycles. The Morgan fingerprint density at radius 1 is 1.61 bits per heavy atom. The highest BCUT2D eigenvalue weighted by Gasteiger charge is 2.32. The predicted molar refractivity (Wildman–Crippen MR) is 72.4 cm³/mol. The van der Waals surface area contributed by atoms with E-state index in [1.807, 2.05) is 0 Å². The van der Waals surface area contributed by atoms with Crippen molar-refractivity contribution in [2.24, 2.45) is 5.73 Å². The lowest BCUT2D eigenvalue weighted by Crippen LogP contribution is -2.46. The van der Waals surface area contributed by atoms with Crippen LogP contribution in [0.25, 0.3) is 0 Å². The molecule has 0 amide bonds. The molecule has 0 saturated carbocycles. The summed E-state index contributed by atoms with van der Waals surface area (Å²) in [5.74, 6) is -0.958. The van der Waals surface area contributed by atoms with Crippen LogP contribution in [0.5, 0.6) is 0 Å².